The maximum atomic E-state index is 13.7. The van der Waals surface area contributed by atoms with Crippen LogP contribution in [0, 0.1) is 5.41 Å². The van der Waals surface area contributed by atoms with Crippen molar-refractivity contribution in [2.45, 2.75) is 33.1 Å². The van der Waals surface area contributed by atoms with E-state index in [2.05, 4.69) is 0 Å². The summed E-state index contributed by atoms with van der Waals surface area (Å²) in [5, 5.41) is 0. The van der Waals surface area contributed by atoms with E-state index in [-0.39, 0.29) is 5.56 Å². The topological polar surface area (TPSA) is 17.1 Å². The van der Waals surface area contributed by atoms with Gasteiger partial charge in [0, 0.05) is 5.41 Å². The molecule has 1 aromatic carbocycles. The second-order valence-corrected chi connectivity index (χ2v) is 4.83. The molecule has 0 amide bonds. The second kappa shape index (κ2) is 4.73. The Kier molecular flexibility index (Phi) is 3.79. The maximum Gasteiger partial charge on any atom is 0.194 e. The molecular formula is C13H16F2O. The lowest BCUT2D eigenvalue weighted by molar-refractivity contribution is -0.133. The van der Waals surface area contributed by atoms with Gasteiger partial charge in [0.1, 0.15) is 0 Å². The predicted molar refractivity (Wildman–Crippen MR) is 59.6 cm³/mol. The monoisotopic (exact) mass is 226 g/mol. The van der Waals surface area contributed by atoms with Crippen LogP contribution in [-0.4, -0.2) is 12.0 Å². The zero-order valence-electron chi connectivity index (χ0n) is 9.71. The van der Waals surface area contributed by atoms with E-state index in [0.717, 1.165) is 0 Å². The molecule has 0 aliphatic heterocycles. The molecule has 0 bridgehead atoms. The summed E-state index contributed by atoms with van der Waals surface area (Å²) in [4.78, 5) is 11.6. The number of carbonyl (C=O) groups excluding carboxylic acids is 1. The molecule has 1 rings (SSSR count). The van der Waals surface area contributed by atoms with Gasteiger partial charge in [-0.3, -0.25) is 4.79 Å². The lowest BCUT2D eigenvalue weighted by atomic mass is 9.85. The summed E-state index contributed by atoms with van der Waals surface area (Å²) in [5.41, 5.74) is -0.661. The first-order valence-corrected chi connectivity index (χ1v) is 5.21. The van der Waals surface area contributed by atoms with Gasteiger partial charge in [0.15, 0.2) is 18.1 Å². The zero-order chi connectivity index (χ0) is 12.3. The third-order valence-electron chi connectivity index (χ3n) is 2.36. The van der Waals surface area contributed by atoms with Gasteiger partial charge in [-0.1, -0.05) is 51.1 Å². The molecule has 1 nitrogen and oxygen atoms in total. The predicted octanol–water partition coefficient (Wildman–Crippen LogP) is 3.65. The first-order chi connectivity index (χ1) is 7.34. The highest BCUT2D eigenvalue weighted by Gasteiger charge is 2.36. The average molecular weight is 226 g/mol. The Morgan fingerprint density at radius 2 is 1.62 bits per heavy atom. The molecule has 0 spiro atoms. The summed E-state index contributed by atoms with van der Waals surface area (Å²) >= 11 is 0. The smallest absolute Gasteiger partial charge is 0.194 e. The Hall–Kier alpha value is -1.25. The number of hydrogen-bond donors (Lipinski definition) is 0. The lowest BCUT2D eigenvalue weighted by Crippen LogP contribution is -2.32. The minimum Gasteiger partial charge on any atom is -0.296 e. The van der Waals surface area contributed by atoms with Crippen LogP contribution >= 0.6 is 0 Å². The average Bonchev–Trinajstić information content (AvgIpc) is 2.26. The van der Waals surface area contributed by atoms with Crippen LogP contribution in [0.4, 0.5) is 8.78 Å². The molecule has 88 valence electrons. The van der Waals surface area contributed by atoms with Gasteiger partial charge in [0.05, 0.1) is 0 Å². The van der Waals surface area contributed by atoms with Gasteiger partial charge in [0.25, 0.3) is 0 Å². The highest BCUT2D eigenvalue weighted by Crippen LogP contribution is 2.29. The van der Waals surface area contributed by atoms with Crippen molar-refractivity contribution in [1.29, 1.82) is 0 Å². The molecule has 0 heterocycles. The molecule has 0 aliphatic rings. The van der Waals surface area contributed by atoms with Crippen molar-refractivity contribution < 1.29 is 13.6 Å². The van der Waals surface area contributed by atoms with Gasteiger partial charge in [-0.25, -0.2) is 8.78 Å². The Labute approximate surface area is 94.5 Å². The van der Waals surface area contributed by atoms with Crippen molar-refractivity contribution >= 4 is 5.78 Å². The van der Waals surface area contributed by atoms with Gasteiger partial charge in [-0.15, -0.1) is 0 Å². The van der Waals surface area contributed by atoms with E-state index in [4.69, 9.17) is 0 Å². The van der Waals surface area contributed by atoms with Crippen LogP contribution in [0.2, 0.25) is 0 Å². The minimum atomic E-state index is -2.10. The van der Waals surface area contributed by atoms with Crippen molar-refractivity contribution in [3.63, 3.8) is 0 Å². The van der Waals surface area contributed by atoms with Crippen LogP contribution in [0.3, 0.4) is 0 Å². The lowest BCUT2D eigenvalue weighted by Gasteiger charge is -2.21. The van der Waals surface area contributed by atoms with Gasteiger partial charge in [0.2, 0.25) is 0 Å². The van der Waals surface area contributed by atoms with Gasteiger partial charge >= 0.3 is 0 Å². The molecule has 16 heavy (non-hydrogen) atoms. The van der Waals surface area contributed by atoms with Crippen molar-refractivity contribution in [1.82, 2.24) is 0 Å². The highest BCUT2D eigenvalue weighted by atomic mass is 19.2. The van der Waals surface area contributed by atoms with Crippen LogP contribution in [0.5, 0.6) is 0 Å². The van der Waals surface area contributed by atoms with Crippen molar-refractivity contribution in [2.24, 2.45) is 5.41 Å². The van der Waals surface area contributed by atoms with Crippen molar-refractivity contribution in [3.8, 4) is 0 Å². The fourth-order valence-corrected chi connectivity index (χ4v) is 1.35. The Morgan fingerprint density at radius 3 is 2.06 bits per heavy atom. The van der Waals surface area contributed by atoms with E-state index in [1.807, 2.05) is 0 Å². The molecule has 0 aromatic heterocycles. The fourth-order valence-electron chi connectivity index (χ4n) is 1.35. The number of halogens is 2. The maximum absolute atomic E-state index is 13.7. The number of rotatable bonds is 3. The van der Waals surface area contributed by atoms with Crippen LogP contribution in [0.15, 0.2) is 30.3 Å². The standard InChI is InChI=1S/C13H16F2O/c1-13(2,3)12(16)11(15)10(14)9-7-5-4-6-8-9/h4-8,10-11H,1-3H3. The summed E-state index contributed by atoms with van der Waals surface area (Å²) in [6.07, 6.45) is -3.98. The van der Waals surface area contributed by atoms with E-state index < -0.39 is 23.5 Å². The Morgan fingerprint density at radius 1 is 1.12 bits per heavy atom. The number of carbonyl (C=O) groups is 1. The van der Waals surface area contributed by atoms with E-state index in [1.165, 1.54) is 12.1 Å². The number of benzene rings is 1. The van der Waals surface area contributed by atoms with Crippen LogP contribution in [0.1, 0.15) is 32.5 Å². The molecule has 3 heteroatoms. The SMILES string of the molecule is CC(C)(C)C(=O)C(F)C(F)c1ccccc1. The second-order valence-electron chi connectivity index (χ2n) is 4.83. The molecule has 0 N–H and O–H groups in total. The molecule has 0 saturated heterocycles. The number of hydrogen-bond acceptors (Lipinski definition) is 1. The molecule has 2 atom stereocenters. The first-order valence-electron chi connectivity index (χ1n) is 5.21. The Bertz CT molecular complexity index is 354. The number of alkyl halides is 2. The molecule has 2 unspecified atom stereocenters. The van der Waals surface area contributed by atoms with Gasteiger partial charge in [-0.2, -0.15) is 0 Å². The quantitative estimate of drug-likeness (QED) is 0.768. The van der Waals surface area contributed by atoms with E-state index in [9.17, 15) is 13.6 Å². The number of ketones is 1. The highest BCUT2D eigenvalue weighted by molar-refractivity contribution is 5.88. The minimum absolute atomic E-state index is 0.201. The molecule has 0 saturated carbocycles. The fraction of sp³-hybridized carbons (Fsp3) is 0.462. The number of Topliss-reactive ketones (excluding diaryl/α,β-unsaturated/α-hetero) is 1. The normalized spacial score (nSPS) is 15.6. The molecule has 0 radical (unpaired) electrons. The van der Waals surface area contributed by atoms with Crippen molar-refractivity contribution in [3.05, 3.63) is 35.9 Å². The third kappa shape index (κ3) is 2.87. The molecule has 1 aromatic rings. The van der Waals surface area contributed by atoms with E-state index >= 15 is 0 Å². The van der Waals surface area contributed by atoms with Crippen LogP contribution in [-0.2, 0) is 4.79 Å². The summed E-state index contributed by atoms with van der Waals surface area (Å²) in [6.45, 7) is 4.75. The van der Waals surface area contributed by atoms with E-state index in [1.54, 1.807) is 39.0 Å². The zero-order valence-corrected chi connectivity index (χ0v) is 9.71. The van der Waals surface area contributed by atoms with Crippen LogP contribution in [0.25, 0.3) is 0 Å². The summed E-state index contributed by atoms with van der Waals surface area (Å²) < 4.78 is 27.4. The largest absolute Gasteiger partial charge is 0.296 e. The third-order valence-corrected chi connectivity index (χ3v) is 2.36. The van der Waals surface area contributed by atoms with E-state index in [0.29, 0.717) is 0 Å². The van der Waals surface area contributed by atoms with Crippen LogP contribution < -0.4 is 0 Å². The van der Waals surface area contributed by atoms with Gasteiger partial charge < -0.3 is 0 Å². The first kappa shape index (κ1) is 12.8. The Balaban J connectivity index is 2.83. The molecular weight excluding hydrogens is 210 g/mol. The van der Waals surface area contributed by atoms with Crippen molar-refractivity contribution in [2.75, 3.05) is 0 Å². The summed E-state index contributed by atoms with van der Waals surface area (Å²) in [7, 11) is 0. The molecule has 0 fully saturated rings. The summed E-state index contributed by atoms with van der Waals surface area (Å²) in [6, 6.07) is 7.92. The van der Waals surface area contributed by atoms with Gasteiger partial charge in [-0.05, 0) is 5.56 Å². The summed E-state index contributed by atoms with van der Waals surface area (Å²) in [5.74, 6) is -0.705. The molecule has 0 aliphatic carbocycles.